The number of pyridine rings is 1. The average molecular weight is 473 g/mol. The predicted octanol–water partition coefficient (Wildman–Crippen LogP) is 3.65. The number of likely N-dealkylation sites (tertiary alicyclic amines) is 1. The Morgan fingerprint density at radius 3 is 2.39 bits per heavy atom. The van der Waals surface area contributed by atoms with E-state index in [1.165, 1.54) is 31.5 Å². The summed E-state index contributed by atoms with van der Waals surface area (Å²) in [4.78, 5) is 21.1. The lowest BCUT2D eigenvalue weighted by Gasteiger charge is -2.40. The van der Waals surface area contributed by atoms with Crippen LogP contribution < -0.4 is 9.62 Å². The zero-order chi connectivity index (χ0) is 23.6. The minimum Gasteiger partial charge on any atom is -0.478 e. The molecule has 2 aromatic rings. The van der Waals surface area contributed by atoms with Gasteiger partial charge in [0, 0.05) is 19.1 Å². The van der Waals surface area contributed by atoms with Gasteiger partial charge in [-0.1, -0.05) is 24.1 Å². The van der Waals surface area contributed by atoms with Gasteiger partial charge in [0.1, 0.15) is 11.4 Å². The summed E-state index contributed by atoms with van der Waals surface area (Å²) >= 11 is 0. The van der Waals surface area contributed by atoms with Crippen LogP contribution in [0.4, 0.5) is 11.5 Å². The highest BCUT2D eigenvalue weighted by Crippen LogP contribution is 2.28. The van der Waals surface area contributed by atoms with Gasteiger partial charge in [0.2, 0.25) is 0 Å². The van der Waals surface area contributed by atoms with Crippen LogP contribution in [0.3, 0.4) is 0 Å². The van der Waals surface area contributed by atoms with E-state index in [9.17, 15) is 18.3 Å². The topological polar surface area (TPSA) is 103 Å². The number of hydrogen-bond acceptors (Lipinski definition) is 6. The molecule has 2 fully saturated rings. The fourth-order valence-corrected chi connectivity index (χ4v) is 6.22. The number of nitrogens with zero attached hydrogens (tertiary/aromatic N) is 3. The number of aryl methyl sites for hydroxylation is 2. The first-order valence-electron chi connectivity index (χ1n) is 11.6. The van der Waals surface area contributed by atoms with Crippen LogP contribution in [0.2, 0.25) is 0 Å². The molecule has 2 N–H and O–H groups in total. The molecule has 0 spiro atoms. The number of aromatic carboxylic acids is 1. The number of piperidine rings is 2. The summed E-state index contributed by atoms with van der Waals surface area (Å²) in [6.07, 6.45) is 7.17. The Morgan fingerprint density at radius 2 is 1.76 bits per heavy atom. The van der Waals surface area contributed by atoms with Crippen LogP contribution >= 0.6 is 0 Å². The normalized spacial score (nSPS) is 18.3. The highest BCUT2D eigenvalue weighted by atomic mass is 32.2. The van der Waals surface area contributed by atoms with Gasteiger partial charge in [0.25, 0.3) is 10.0 Å². The third kappa shape index (κ3) is 5.30. The molecule has 9 heteroatoms. The van der Waals surface area contributed by atoms with Gasteiger partial charge in [-0.05, 0) is 70.3 Å². The van der Waals surface area contributed by atoms with E-state index >= 15 is 0 Å². The number of nitrogens with one attached hydrogen (secondary N) is 1. The largest absolute Gasteiger partial charge is 0.478 e. The lowest BCUT2D eigenvalue weighted by Crippen LogP contribution is -2.47. The molecule has 178 valence electrons. The molecule has 0 aliphatic carbocycles. The van der Waals surface area contributed by atoms with Crippen molar-refractivity contribution in [1.29, 1.82) is 0 Å². The van der Waals surface area contributed by atoms with Crippen molar-refractivity contribution in [1.82, 2.24) is 9.88 Å². The summed E-state index contributed by atoms with van der Waals surface area (Å²) in [5, 5.41) is 9.81. The summed E-state index contributed by atoms with van der Waals surface area (Å²) < 4.78 is 28.3. The van der Waals surface area contributed by atoms with Crippen LogP contribution in [0.15, 0.2) is 35.4 Å². The van der Waals surface area contributed by atoms with E-state index < -0.39 is 16.0 Å². The Morgan fingerprint density at radius 1 is 1.06 bits per heavy atom. The number of benzene rings is 1. The van der Waals surface area contributed by atoms with Gasteiger partial charge in [0.05, 0.1) is 16.8 Å². The first kappa shape index (κ1) is 23.5. The van der Waals surface area contributed by atoms with Crippen molar-refractivity contribution in [2.75, 3.05) is 35.8 Å². The Hall–Kier alpha value is -2.65. The molecule has 0 amide bonds. The van der Waals surface area contributed by atoms with E-state index in [2.05, 4.69) is 14.6 Å². The third-order valence-electron chi connectivity index (χ3n) is 6.64. The smallest absolute Gasteiger partial charge is 0.339 e. The molecule has 8 nitrogen and oxygen atoms in total. The molecule has 0 saturated carbocycles. The molecular formula is C24H32N4O4S. The van der Waals surface area contributed by atoms with Crippen molar-refractivity contribution in [3.63, 3.8) is 0 Å². The quantitative estimate of drug-likeness (QED) is 0.661. The van der Waals surface area contributed by atoms with Crippen LogP contribution in [0.25, 0.3) is 0 Å². The minimum atomic E-state index is -3.86. The Labute approximate surface area is 195 Å². The highest BCUT2D eigenvalue weighted by molar-refractivity contribution is 7.92. The van der Waals surface area contributed by atoms with Crippen molar-refractivity contribution in [2.45, 2.75) is 56.9 Å². The van der Waals surface area contributed by atoms with E-state index in [1.54, 1.807) is 25.1 Å². The molecule has 0 atom stereocenters. The van der Waals surface area contributed by atoms with Gasteiger partial charge in [0.15, 0.2) is 0 Å². The van der Waals surface area contributed by atoms with Crippen molar-refractivity contribution >= 4 is 27.5 Å². The van der Waals surface area contributed by atoms with Crippen molar-refractivity contribution < 1.29 is 18.3 Å². The highest BCUT2D eigenvalue weighted by Gasteiger charge is 2.28. The molecule has 1 aromatic carbocycles. The Bertz CT molecular complexity index is 1120. The summed E-state index contributed by atoms with van der Waals surface area (Å²) in [5.41, 5.74) is 1.74. The SMILES string of the molecule is Cc1ccc(S(=O)(=O)Nc2cnc(N3CCC(N4CCCCC4)CC3)c(C(=O)O)c2)c(C)c1. The summed E-state index contributed by atoms with van der Waals surface area (Å²) in [7, 11) is -3.86. The maximum atomic E-state index is 12.9. The molecule has 0 radical (unpaired) electrons. The lowest BCUT2D eigenvalue weighted by molar-refractivity contribution is 0.0697. The van der Waals surface area contributed by atoms with Crippen LogP contribution in [0, 0.1) is 13.8 Å². The number of sulfonamides is 1. The lowest BCUT2D eigenvalue weighted by atomic mass is 9.99. The molecular weight excluding hydrogens is 440 g/mol. The third-order valence-corrected chi connectivity index (χ3v) is 8.18. The molecule has 2 saturated heterocycles. The summed E-state index contributed by atoms with van der Waals surface area (Å²) in [5.74, 6) is -0.725. The van der Waals surface area contributed by atoms with Gasteiger partial charge in [-0.25, -0.2) is 18.2 Å². The molecule has 33 heavy (non-hydrogen) atoms. The number of rotatable bonds is 6. The molecule has 0 bridgehead atoms. The number of carbonyl (C=O) groups is 1. The van der Waals surface area contributed by atoms with Crippen LogP contribution in [0.1, 0.15) is 53.6 Å². The van der Waals surface area contributed by atoms with Crippen LogP contribution in [0.5, 0.6) is 0 Å². The van der Waals surface area contributed by atoms with Crippen LogP contribution in [-0.4, -0.2) is 61.6 Å². The standard InChI is InChI=1S/C24H32N4O4S/c1-17-6-7-22(18(2)14-17)33(31,32)26-19-15-21(24(29)30)23(25-16-19)28-12-8-20(9-13-28)27-10-4-3-5-11-27/h6-7,14-16,20,26H,3-5,8-13H2,1-2H3,(H,29,30). The maximum absolute atomic E-state index is 12.9. The predicted molar refractivity (Wildman–Crippen MR) is 129 cm³/mol. The van der Waals surface area contributed by atoms with E-state index in [4.69, 9.17) is 0 Å². The molecule has 2 aliphatic rings. The summed E-state index contributed by atoms with van der Waals surface area (Å²) in [6, 6.07) is 6.99. The molecule has 4 rings (SSSR count). The van der Waals surface area contributed by atoms with E-state index in [1.807, 2.05) is 11.8 Å². The van der Waals surface area contributed by atoms with Gasteiger partial charge >= 0.3 is 5.97 Å². The van der Waals surface area contributed by atoms with Gasteiger partial charge in [-0.2, -0.15) is 0 Å². The fourth-order valence-electron chi connectivity index (χ4n) is 4.96. The molecule has 2 aliphatic heterocycles. The van der Waals surface area contributed by atoms with E-state index in [0.717, 1.165) is 44.6 Å². The van der Waals surface area contributed by atoms with Crippen molar-refractivity contribution in [2.24, 2.45) is 0 Å². The molecule has 1 aromatic heterocycles. The number of anilines is 2. The van der Waals surface area contributed by atoms with Crippen molar-refractivity contribution in [3.8, 4) is 0 Å². The van der Waals surface area contributed by atoms with Crippen molar-refractivity contribution in [3.05, 3.63) is 47.2 Å². The van der Waals surface area contributed by atoms with Gasteiger partial charge in [-0.3, -0.25) is 4.72 Å². The Balaban J connectivity index is 1.50. The van der Waals surface area contributed by atoms with Crippen LogP contribution in [-0.2, 0) is 10.0 Å². The first-order chi connectivity index (χ1) is 15.7. The number of aromatic nitrogens is 1. The van der Waals surface area contributed by atoms with E-state index in [-0.39, 0.29) is 16.1 Å². The number of hydrogen-bond donors (Lipinski definition) is 2. The summed E-state index contributed by atoms with van der Waals surface area (Å²) in [6.45, 7) is 7.41. The minimum absolute atomic E-state index is 0.00671. The monoisotopic (exact) mass is 472 g/mol. The second-order valence-corrected chi connectivity index (χ2v) is 10.7. The average Bonchev–Trinajstić information content (AvgIpc) is 2.79. The fraction of sp³-hybridized carbons (Fsp3) is 0.500. The van der Waals surface area contributed by atoms with Gasteiger partial charge < -0.3 is 14.9 Å². The first-order valence-corrected chi connectivity index (χ1v) is 13.1. The van der Waals surface area contributed by atoms with E-state index in [0.29, 0.717) is 17.4 Å². The maximum Gasteiger partial charge on any atom is 0.339 e. The molecule has 0 unspecified atom stereocenters. The zero-order valence-electron chi connectivity index (χ0n) is 19.2. The zero-order valence-corrected chi connectivity index (χ0v) is 20.1. The Kier molecular flexibility index (Phi) is 6.90. The molecule has 3 heterocycles. The second kappa shape index (κ2) is 9.69. The second-order valence-electron chi connectivity index (χ2n) is 9.09. The number of carboxylic acid groups (broad SMARTS) is 1. The number of carboxylic acids is 1. The van der Waals surface area contributed by atoms with Gasteiger partial charge in [-0.15, -0.1) is 0 Å².